The Kier molecular flexibility index (Phi) is 9.51. The Labute approximate surface area is 379 Å². The lowest BCUT2D eigenvalue weighted by Gasteiger charge is -2.35. The van der Waals surface area contributed by atoms with Gasteiger partial charge in [0.15, 0.2) is 13.7 Å². The van der Waals surface area contributed by atoms with Crippen molar-refractivity contribution in [3.05, 3.63) is 255 Å². The van der Waals surface area contributed by atoms with Gasteiger partial charge in [0.2, 0.25) is 5.89 Å². The van der Waals surface area contributed by atoms with Crippen LogP contribution in [0.4, 0.5) is 17.1 Å². The Balaban J connectivity index is 1.01. The third kappa shape index (κ3) is 6.54. The second-order valence-electron chi connectivity index (χ2n) is 16.6. The van der Waals surface area contributed by atoms with Gasteiger partial charge in [-0.3, -0.25) is 0 Å². The second-order valence-corrected chi connectivity index (χ2v) is 20.5. The van der Waals surface area contributed by atoms with Gasteiger partial charge >= 0.3 is 0 Å². The molecule has 0 fully saturated rings. The van der Waals surface area contributed by atoms with Crippen molar-refractivity contribution >= 4 is 89.3 Å². The first kappa shape index (κ1) is 38.4. The van der Waals surface area contributed by atoms with Gasteiger partial charge < -0.3 is 9.32 Å². The number of oxazole rings is 1. The molecule has 0 radical (unpaired) electrons. The lowest BCUT2D eigenvalue weighted by atomic mass is 9.93. The quantitative estimate of drug-likeness (QED) is 0.0823. The molecule has 0 unspecified atom stereocenters. The molecule has 0 aliphatic carbocycles. The summed E-state index contributed by atoms with van der Waals surface area (Å²) in [6, 6.07) is 92.5. The first-order valence-electron chi connectivity index (χ1n) is 22.2. The molecule has 0 aliphatic heterocycles. The molecule has 1 heterocycles. The predicted octanol–water partition coefficient (Wildman–Crippen LogP) is 13.5. The average molecular weight is 847 g/mol. The molecule has 0 atom stereocenters. The summed E-state index contributed by atoms with van der Waals surface area (Å²) in [5.74, 6) is 0.630. The van der Waals surface area contributed by atoms with Crippen LogP contribution < -0.4 is 25.6 Å². The molecular weight excluding hydrogens is 805 g/mol. The van der Waals surface area contributed by atoms with Gasteiger partial charge in [-0.05, 0) is 108 Å². The number of fused-ring (bicyclic) bond motifs is 6. The molecule has 0 bridgehead atoms. The molecule has 12 rings (SSSR count). The Morgan fingerprint density at radius 2 is 0.877 bits per heavy atom. The second kappa shape index (κ2) is 16.1. The Hall–Kier alpha value is -8.31. The highest BCUT2D eigenvalue weighted by molar-refractivity contribution is 7.19. The van der Waals surface area contributed by atoms with Crippen molar-refractivity contribution in [3.63, 3.8) is 0 Å². The summed E-state index contributed by atoms with van der Waals surface area (Å²) in [5.41, 5.74) is 8.25. The maximum atomic E-state index is 6.60. The molecule has 0 spiro atoms. The summed E-state index contributed by atoms with van der Waals surface area (Å²) in [5, 5.41) is 12.3. The zero-order chi connectivity index (χ0) is 43.2. The van der Waals surface area contributed by atoms with E-state index in [1.54, 1.807) is 0 Å². The number of para-hydroxylation sites is 1. The van der Waals surface area contributed by atoms with E-state index in [-0.39, 0.29) is 0 Å². The van der Waals surface area contributed by atoms with Crippen LogP contribution in [0.1, 0.15) is 0 Å². The molecule has 4 heteroatoms. The fraction of sp³-hybridized carbons (Fsp3) is 0. The molecule has 65 heavy (non-hydrogen) atoms. The van der Waals surface area contributed by atoms with Crippen molar-refractivity contribution in [3.8, 4) is 22.6 Å². The van der Waals surface area contributed by atoms with E-state index in [1.807, 2.05) is 30.3 Å². The van der Waals surface area contributed by atoms with Crippen LogP contribution in [-0.2, 0) is 0 Å². The summed E-state index contributed by atoms with van der Waals surface area (Å²) < 4.78 is 6.60. The van der Waals surface area contributed by atoms with Crippen molar-refractivity contribution < 1.29 is 4.42 Å². The van der Waals surface area contributed by atoms with Crippen molar-refractivity contribution in [1.29, 1.82) is 0 Å². The highest BCUT2D eigenvalue weighted by Crippen LogP contribution is 2.43. The van der Waals surface area contributed by atoms with Crippen molar-refractivity contribution in [1.82, 2.24) is 4.98 Å². The molecule has 3 nitrogen and oxygen atoms in total. The van der Waals surface area contributed by atoms with Crippen LogP contribution in [0.2, 0.25) is 0 Å². The first-order chi connectivity index (χ1) is 32.2. The molecule has 12 aromatic rings. The normalized spacial score (nSPS) is 11.7. The van der Waals surface area contributed by atoms with E-state index in [1.165, 1.54) is 37.1 Å². The van der Waals surface area contributed by atoms with Gasteiger partial charge in [-0.25, -0.2) is 4.98 Å². The number of rotatable bonds is 9. The van der Waals surface area contributed by atoms with Gasteiger partial charge in [0.05, 0.1) is 5.69 Å². The van der Waals surface area contributed by atoms with Crippen LogP contribution in [0.15, 0.2) is 259 Å². The molecule has 306 valence electrons. The van der Waals surface area contributed by atoms with Crippen molar-refractivity contribution in [2.24, 2.45) is 0 Å². The van der Waals surface area contributed by atoms with Crippen LogP contribution in [0.25, 0.3) is 66.0 Å². The Morgan fingerprint density at radius 1 is 0.369 bits per heavy atom. The molecule has 0 saturated heterocycles. The summed E-state index contributed by atoms with van der Waals surface area (Å²) in [6.07, 6.45) is 0. The zero-order valence-corrected chi connectivity index (χ0v) is 36.6. The summed E-state index contributed by atoms with van der Waals surface area (Å²) in [7, 11) is -2.70. The Bertz CT molecular complexity index is 3540. The van der Waals surface area contributed by atoms with Crippen LogP contribution in [0.5, 0.6) is 0 Å². The van der Waals surface area contributed by atoms with Gasteiger partial charge in [-0.15, -0.1) is 0 Å². The van der Waals surface area contributed by atoms with E-state index in [4.69, 9.17) is 9.40 Å². The fourth-order valence-electron chi connectivity index (χ4n) is 10.1. The minimum atomic E-state index is -2.70. The summed E-state index contributed by atoms with van der Waals surface area (Å²) >= 11 is 0. The van der Waals surface area contributed by atoms with Crippen LogP contribution in [0, 0.1) is 0 Å². The maximum Gasteiger partial charge on any atom is 0.227 e. The number of anilines is 3. The van der Waals surface area contributed by atoms with E-state index in [0.29, 0.717) is 5.89 Å². The standard InChI is InChI=1S/C61H42N2OSi/c1-6-18-45(19-7-1)61-62-57-40-34-44-32-30-43-31-33-46(42-56(43)59(44)60(57)64-61)53-39-41-58(55-29-17-16-28-54(53)55)63(47-20-8-2-9-21-47)48-35-37-52(38-36-48)65(49-22-10-3-11-23-49,50-24-12-4-13-25-50)51-26-14-5-15-27-51/h1-42H. The number of nitrogens with zero attached hydrogens (tertiary/aromatic N) is 2. The van der Waals surface area contributed by atoms with Crippen molar-refractivity contribution in [2.75, 3.05) is 4.90 Å². The highest BCUT2D eigenvalue weighted by Gasteiger charge is 2.41. The van der Waals surface area contributed by atoms with Gasteiger partial charge in [0.25, 0.3) is 0 Å². The topological polar surface area (TPSA) is 29.3 Å². The molecule has 11 aromatic carbocycles. The summed E-state index contributed by atoms with van der Waals surface area (Å²) in [6.45, 7) is 0. The molecule has 0 amide bonds. The van der Waals surface area contributed by atoms with Crippen LogP contribution >= 0.6 is 0 Å². The number of benzene rings is 11. The zero-order valence-electron chi connectivity index (χ0n) is 35.6. The van der Waals surface area contributed by atoms with Crippen LogP contribution in [-0.4, -0.2) is 13.1 Å². The molecular formula is C61H42N2OSi. The highest BCUT2D eigenvalue weighted by atomic mass is 28.3. The average Bonchev–Trinajstić information content (AvgIpc) is 3.84. The third-order valence-electron chi connectivity index (χ3n) is 13.0. The first-order valence-corrected chi connectivity index (χ1v) is 24.2. The molecule has 0 N–H and O–H groups in total. The smallest absolute Gasteiger partial charge is 0.227 e. The monoisotopic (exact) mass is 846 g/mol. The maximum absolute atomic E-state index is 6.60. The minimum absolute atomic E-state index is 0.630. The van der Waals surface area contributed by atoms with E-state index in [0.717, 1.165) is 60.8 Å². The fourth-order valence-corrected chi connectivity index (χ4v) is 14.8. The number of aromatic nitrogens is 1. The van der Waals surface area contributed by atoms with E-state index < -0.39 is 8.07 Å². The van der Waals surface area contributed by atoms with Crippen LogP contribution in [0.3, 0.4) is 0 Å². The minimum Gasteiger partial charge on any atom is -0.435 e. The third-order valence-corrected chi connectivity index (χ3v) is 17.8. The summed E-state index contributed by atoms with van der Waals surface area (Å²) in [4.78, 5) is 7.33. The lowest BCUT2D eigenvalue weighted by molar-refractivity contribution is 0.623. The SMILES string of the molecule is c1ccc(-c2nc3ccc4ccc5ccc(-c6ccc(N(c7ccccc7)c7ccc([Si](c8ccccc8)(c8ccccc8)c8ccccc8)cc7)c7ccccc67)cc5c4c3o2)cc1. The van der Waals surface area contributed by atoms with Gasteiger partial charge in [-0.1, -0.05) is 200 Å². The van der Waals surface area contributed by atoms with E-state index in [2.05, 4.69) is 229 Å². The van der Waals surface area contributed by atoms with E-state index in [9.17, 15) is 0 Å². The van der Waals surface area contributed by atoms with Gasteiger partial charge in [-0.2, -0.15) is 0 Å². The van der Waals surface area contributed by atoms with E-state index >= 15 is 0 Å². The molecule has 0 saturated carbocycles. The lowest BCUT2D eigenvalue weighted by Crippen LogP contribution is -2.74. The number of hydrogen-bond donors (Lipinski definition) is 0. The van der Waals surface area contributed by atoms with Gasteiger partial charge in [0, 0.05) is 27.7 Å². The van der Waals surface area contributed by atoms with Gasteiger partial charge in [0.1, 0.15) is 5.52 Å². The predicted molar refractivity (Wildman–Crippen MR) is 276 cm³/mol. The molecule has 1 aromatic heterocycles. The Morgan fingerprint density at radius 3 is 1.52 bits per heavy atom. The largest absolute Gasteiger partial charge is 0.435 e. The number of hydrogen-bond acceptors (Lipinski definition) is 3. The van der Waals surface area contributed by atoms with Crippen molar-refractivity contribution in [2.45, 2.75) is 0 Å². The molecule has 0 aliphatic rings.